The van der Waals surface area contributed by atoms with Crippen LogP contribution in [-0.4, -0.2) is 53.2 Å². The Hall–Kier alpha value is -1.57. The molecule has 2 aliphatic rings. The molecule has 0 radical (unpaired) electrons. The average molecular weight is 364 g/mol. The maximum atomic E-state index is 12.0. The first-order valence-corrected chi connectivity index (χ1v) is 8.37. The van der Waals surface area contributed by atoms with Crippen LogP contribution in [0.1, 0.15) is 20.1 Å². The van der Waals surface area contributed by atoms with Gasteiger partial charge < -0.3 is 14.2 Å². The number of H-pyrrole nitrogens is 1. The molecule has 0 aromatic carbocycles. The van der Waals surface area contributed by atoms with Crippen LogP contribution in [-0.2, 0) is 28.8 Å². The summed E-state index contributed by atoms with van der Waals surface area (Å²) in [6.07, 6.45) is -2.10. The molecule has 2 N–H and O–H groups in total. The Balaban J connectivity index is 1.90. The van der Waals surface area contributed by atoms with E-state index in [1.165, 1.54) is 6.20 Å². The lowest BCUT2D eigenvalue weighted by atomic mass is 10.1. The Bertz CT molecular complexity index is 843. The molecular formula is C12H16N2O9S. The largest absolute Gasteiger partial charge is 0.397 e. The van der Waals surface area contributed by atoms with E-state index in [1.807, 2.05) is 0 Å². The predicted octanol–water partition coefficient (Wildman–Crippen LogP) is -1.23. The smallest absolute Gasteiger partial charge is 0.346 e. The second-order valence-corrected chi connectivity index (χ2v) is 6.95. The Morgan fingerprint density at radius 2 is 2.00 bits per heavy atom. The highest BCUT2D eigenvalue weighted by Gasteiger charge is 2.56. The number of rotatable bonds is 4. The number of aromatic nitrogens is 2. The molecule has 12 heteroatoms. The van der Waals surface area contributed by atoms with Crippen molar-refractivity contribution in [3.63, 3.8) is 0 Å². The van der Waals surface area contributed by atoms with Crippen molar-refractivity contribution in [3.05, 3.63) is 33.1 Å². The van der Waals surface area contributed by atoms with Crippen molar-refractivity contribution < 1.29 is 31.4 Å². The zero-order chi connectivity index (χ0) is 17.7. The first-order valence-electron chi connectivity index (χ1n) is 7.00. The maximum Gasteiger partial charge on any atom is 0.397 e. The number of hydrogen-bond acceptors (Lipinski definition) is 8. The number of aromatic amines is 1. The molecule has 134 valence electrons. The molecule has 1 aromatic heterocycles. The van der Waals surface area contributed by atoms with Crippen molar-refractivity contribution in [1.82, 2.24) is 9.55 Å². The fourth-order valence-electron chi connectivity index (χ4n) is 2.80. The van der Waals surface area contributed by atoms with Gasteiger partial charge in [0.05, 0.1) is 6.61 Å². The monoisotopic (exact) mass is 364 g/mol. The minimum Gasteiger partial charge on any atom is -0.346 e. The molecule has 2 saturated heterocycles. The Morgan fingerprint density at radius 1 is 1.33 bits per heavy atom. The summed E-state index contributed by atoms with van der Waals surface area (Å²) in [5.74, 6) is -0.987. The van der Waals surface area contributed by atoms with Crippen LogP contribution in [0.5, 0.6) is 0 Å². The first-order chi connectivity index (χ1) is 11.1. The van der Waals surface area contributed by atoms with Crippen molar-refractivity contribution in [2.45, 2.75) is 44.2 Å². The molecule has 0 saturated carbocycles. The van der Waals surface area contributed by atoms with Crippen LogP contribution in [0.3, 0.4) is 0 Å². The van der Waals surface area contributed by atoms with Gasteiger partial charge in [0.15, 0.2) is 12.0 Å². The first kappa shape index (κ1) is 17.3. The van der Waals surface area contributed by atoms with Gasteiger partial charge in [0, 0.05) is 12.3 Å². The van der Waals surface area contributed by atoms with E-state index in [2.05, 4.69) is 9.17 Å². The lowest BCUT2D eigenvalue weighted by Gasteiger charge is -2.24. The summed E-state index contributed by atoms with van der Waals surface area (Å²) in [4.78, 5) is 25.2. The molecular weight excluding hydrogens is 348 g/mol. The van der Waals surface area contributed by atoms with E-state index < -0.39 is 58.6 Å². The molecule has 4 atom stereocenters. The van der Waals surface area contributed by atoms with Crippen molar-refractivity contribution in [2.75, 3.05) is 6.61 Å². The van der Waals surface area contributed by atoms with Crippen LogP contribution >= 0.6 is 0 Å². The summed E-state index contributed by atoms with van der Waals surface area (Å²) in [5, 5.41) is 0. The van der Waals surface area contributed by atoms with Crippen LogP contribution in [0.25, 0.3) is 0 Å². The standard InChI is InChI=1S/C12H16N2O9S/c1-12(2)22-8-6(5-20-24(17,18)19)21-10(9(8)23-12)14-4-3-7(15)13-11(14)16/h3-4,6,8-10H,5H2,1-2H3,(H,13,15,16)(H,17,18,19)/t6-,8-,9-,10-/m1/s1. The van der Waals surface area contributed by atoms with E-state index in [9.17, 15) is 18.0 Å². The summed E-state index contributed by atoms with van der Waals surface area (Å²) in [5.41, 5.74) is -1.28. The Morgan fingerprint density at radius 3 is 2.62 bits per heavy atom. The highest BCUT2D eigenvalue weighted by Crippen LogP contribution is 2.42. The van der Waals surface area contributed by atoms with Gasteiger partial charge in [0.2, 0.25) is 0 Å². The van der Waals surface area contributed by atoms with Crippen molar-refractivity contribution >= 4 is 10.4 Å². The average Bonchev–Trinajstić information content (AvgIpc) is 2.90. The van der Waals surface area contributed by atoms with E-state index in [-0.39, 0.29) is 0 Å². The summed E-state index contributed by atoms with van der Waals surface area (Å²) in [6, 6.07) is 1.14. The minimum atomic E-state index is -4.66. The topological polar surface area (TPSA) is 146 Å². The van der Waals surface area contributed by atoms with Crippen molar-refractivity contribution in [2.24, 2.45) is 0 Å². The second-order valence-electron chi connectivity index (χ2n) is 5.86. The molecule has 0 aliphatic carbocycles. The fourth-order valence-corrected chi connectivity index (χ4v) is 3.10. The SMILES string of the molecule is CC1(C)O[C@@H]2[C@H](O1)[C@@H](COS(=O)(=O)O)O[C@H]2n1ccc(=O)[nH]c1=O. The van der Waals surface area contributed by atoms with Gasteiger partial charge in [0.25, 0.3) is 5.56 Å². The van der Waals surface area contributed by atoms with Gasteiger partial charge in [-0.2, -0.15) is 8.42 Å². The molecule has 1 aromatic rings. The minimum absolute atomic E-state index is 0.520. The van der Waals surface area contributed by atoms with Crippen LogP contribution in [0.4, 0.5) is 0 Å². The van der Waals surface area contributed by atoms with Gasteiger partial charge in [-0.3, -0.25) is 18.9 Å². The zero-order valence-electron chi connectivity index (χ0n) is 12.7. The molecule has 0 bridgehead atoms. The van der Waals surface area contributed by atoms with E-state index in [0.717, 1.165) is 10.6 Å². The summed E-state index contributed by atoms with van der Waals surface area (Å²) < 4.78 is 52.7. The van der Waals surface area contributed by atoms with Crippen LogP contribution < -0.4 is 11.2 Å². The second kappa shape index (κ2) is 5.75. The molecule has 24 heavy (non-hydrogen) atoms. The summed E-state index contributed by atoms with van der Waals surface area (Å²) >= 11 is 0. The molecule has 2 fully saturated rings. The van der Waals surface area contributed by atoms with Crippen LogP contribution in [0, 0.1) is 0 Å². The normalized spacial score (nSPS) is 32.0. The number of hydrogen-bond donors (Lipinski definition) is 2. The van der Waals surface area contributed by atoms with Crippen molar-refractivity contribution in [1.29, 1.82) is 0 Å². The Kier molecular flexibility index (Phi) is 4.14. The van der Waals surface area contributed by atoms with Gasteiger partial charge in [-0.05, 0) is 13.8 Å². The van der Waals surface area contributed by atoms with Gasteiger partial charge in [-0.15, -0.1) is 0 Å². The molecule has 2 aliphatic heterocycles. The van der Waals surface area contributed by atoms with Crippen LogP contribution in [0.15, 0.2) is 21.9 Å². The third-order valence-corrected chi connectivity index (χ3v) is 4.07. The predicted molar refractivity (Wildman–Crippen MR) is 76.6 cm³/mol. The quantitative estimate of drug-likeness (QED) is 0.627. The molecule has 0 unspecified atom stereocenters. The lowest BCUT2D eigenvalue weighted by molar-refractivity contribution is -0.199. The highest BCUT2D eigenvalue weighted by molar-refractivity contribution is 7.80. The number of nitrogens with zero attached hydrogens (tertiary/aromatic N) is 1. The van der Waals surface area contributed by atoms with Gasteiger partial charge in [0.1, 0.15) is 18.3 Å². The summed E-state index contributed by atoms with van der Waals surface area (Å²) in [7, 11) is -4.66. The summed E-state index contributed by atoms with van der Waals surface area (Å²) in [6.45, 7) is 2.78. The van der Waals surface area contributed by atoms with E-state index >= 15 is 0 Å². The number of ether oxygens (including phenoxy) is 3. The maximum absolute atomic E-state index is 12.0. The molecule has 0 amide bonds. The van der Waals surface area contributed by atoms with Gasteiger partial charge in [-0.25, -0.2) is 8.98 Å². The molecule has 0 spiro atoms. The molecule has 3 rings (SSSR count). The van der Waals surface area contributed by atoms with E-state index in [4.69, 9.17) is 18.8 Å². The zero-order valence-corrected chi connectivity index (χ0v) is 13.6. The van der Waals surface area contributed by atoms with Gasteiger partial charge in [-0.1, -0.05) is 0 Å². The Labute approximate surface area is 136 Å². The van der Waals surface area contributed by atoms with E-state index in [0.29, 0.717) is 0 Å². The number of fused-ring (bicyclic) bond motifs is 1. The third kappa shape index (κ3) is 3.43. The third-order valence-electron chi connectivity index (χ3n) is 3.63. The van der Waals surface area contributed by atoms with E-state index in [1.54, 1.807) is 13.8 Å². The molecule has 11 nitrogen and oxygen atoms in total. The lowest BCUT2D eigenvalue weighted by Crippen LogP contribution is -2.37. The highest BCUT2D eigenvalue weighted by atomic mass is 32.3. The van der Waals surface area contributed by atoms with Crippen LogP contribution in [0.2, 0.25) is 0 Å². The fraction of sp³-hybridized carbons (Fsp3) is 0.667. The van der Waals surface area contributed by atoms with Crippen molar-refractivity contribution in [3.8, 4) is 0 Å². The van der Waals surface area contributed by atoms with Gasteiger partial charge >= 0.3 is 16.1 Å². The molecule has 3 heterocycles. The number of nitrogens with one attached hydrogen (secondary N) is 1.